The van der Waals surface area contributed by atoms with Crippen molar-refractivity contribution in [3.05, 3.63) is 40.0 Å². The zero-order chi connectivity index (χ0) is 23.9. The number of allylic oxidation sites excluding steroid dienone is 1. The van der Waals surface area contributed by atoms with Crippen molar-refractivity contribution < 1.29 is 18.3 Å². The second-order valence-corrected chi connectivity index (χ2v) is 12.8. The molecule has 4 aliphatic rings. The molecule has 33 heavy (non-hydrogen) atoms. The van der Waals surface area contributed by atoms with Gasteiger partial charge in [-0.25, -0.2) is 8.42 Å². The molecule has 0 aromatic heterocycles. The van der Waals surface area contributed by atoms with Crippen LogP contribution in [0.25, 0.3) is 0 Å². The van der Waals surface area contributed by atoms with E-state index in [1.165, 1.54) is 5.57 Å². The topological polar surface area (TPSA) is 71.4 Å². The minimum Gasteiger partial charge on any atom is -0.393 e. The number of ketones is 1. The molecule has 0 spiro atoms. The molecule has 3 saturated carbocycles. The van der Waals surface area contributed by atoms with Crippen molar-refractivity contribution in [2.45, 2.75) is 96.5 Å². The van der Waals surface area contributed by atoms with E-state index in [0.717, 1.165) is 54.4 Å². The maximum Gasteiger partial charge on any atom is 0.168 e. The average Bonchev–Trinajstić information content (AvgIpc) is 3.03. The third-order valence-corrected chi connectivity index (χ3v) is 11.5. The number of carbonyl (C=O) groups excluding carboxylic acids is 1. The van der Waals surface area contributed by atoms with Crippen LogP contribution >= 0.6 is 0 Å². The van der Waals surface area contributed by atoms with Gasteiger partial charge in [0.05, 0.1) is 11.0 Å². The standard InChI is InChI=1S/C28H38O4S/c1-15-12-16(2)26(33(31)32)17(3)25(15)23-14-19(29)13-18-6-7-20-21-8-9-24(30)27(21,4)11-10-22(20)28(18,23)5/h6,12,19-23,29,33H,7-11,13-14H2,1-5H3/t19-,20+,21+,22+,23?,27+,28+/m1/s1. The monoisotopic (exact) mass is 470 g/mol. The SMILES string of the molecule is Cc1cc(C)c([SH](=O)=O)c(C)c1C1C[C@H](O)CC2=CC[C@H]3[C@@H]4CCC(=O)[C@@]4(C)CC[C@@H]3[C@]21C. The molecule has 0 amide bonds. The van der Waals surface area contributed by atoms with Crippen LogP contribution < -0.4 is 0 Å². The van der Waals surface area contributed by atoms with Gasteiger partial charge in [0.15, 0.2) is 10.7 Å². The Morgan fingerprint density at radius 1 is 1.06 bits per heavy atom. The summed E-state index contributed by atoms with van der Waals surface area (Å²) in [5, 5.41) is 10.9. The van der Waals surface area contributed by atoms with E-state index in [0.29, 0.717) is 41.3 Å². The van der Waals surface area contributed by atoms with Gasteiger partial charge in [-0.1, -0.05) is 31.6 Å². The lowest BCUT2D eigenvalue weighted by atomic mass is 9.44. The summed E-state index contributed by atoms with van der Waals surface area (Å²) >= 11 is 0. The minimum atomic E-state index is -2.68. The molecule has 5 heteroatoms. The fourth-order valence-corrected chi connectivity index (χ4v) is 9.68. The van der Waals surface area contributed by atoms with Crippen LogP contribution in [0.2, 0.25) is 0 Å². The smallest absolute Gasteiger partial charge is 0.168 e. The summed E-state index contributed by atoms with van der Waals surface area (Å²) < 4.78 is 24.4. The van der Waals surface area contributed by atoms with Crippen molar-refractivity contribution in [2.75, 3.05) is 0 Å². The summed E-state index contributed by atoms with van der Waals surface area (Å²) in [7, 11) is -2.68. The van der Waals surface area contributed by atoms with Gasteiger partial charge in [0.25, 0.3) is 0 Å². The van der Waals surface area contributed by atoms with Crippen LogP contribution in [0.4, 0.5) is 0 Å². The minimum absolute atomic E-state index is 0.0797. The molecule has 1 N–H and O–H groups in total. The van der Waals surface area contributed by atoms with E-state index in [4.69, 9.17) is 0 Å². The van der Waals surface area contributed by atoms with Crippen LogP contribution in [0.15, 0.2) is 22.6 Å². The van der Waals surface area contributed by atoms with E-state index < -0.39 is 16.8 Å². The fourth-order valence-electron chi connectivity index (χ4n) is 8.93. The molecule has 4 nitrogen and oxygen atoms in total. The zero-order valence-electron chi connectivity index (χ0n) is 20.6. The Hall–Kier alpha value is -1.46. The molecule has 180 valence electrons. The Morgan fingerprint density at radius 3 is 2.48 bits per heavy atom. The summed E-state index contributed by atoms with van der Waals surface area (Å²) in [5.41, 5.74) is 4.99. The van der Waals surface area contributed by atoms with Crippen LogP contribution in [-0.4, -0.2) is 25.4 Å². The molecular formula is C28H38O4S. The number of fused-ring (bicyclic) bond motifs is 5. The molecule has 1 aromatic carbocycles. The first-order chi connectivity index (χ1) is 15.5. The summed E-state index contributed by atoms with van der Waals surface area (Å²) in [5.74, 6) is 1.93. The number of carbonyl (C=O) groups is 1. The number of aryl methyl sites for hydroxylation is 2. The quantitative estimate of drug-likeness (QED) is 0.462. The highest BCUT2D eigenvalue weighted by Gasteiger charge is 2.61. The van der Waals surface area contributed by atoms with Gasteiger partial charge in [-0.3, -0.25) is 4.79 Å². The highest BCUT2D eigenvalue weighted by molar-refractivity contribution is 7.72. The van der Waals surface area contributed by atoms with E-state index in [-0.39, 0.29) is 16.7 Å². The lowest BCUT2D eigenvalue weighted by Crippen LogP contribution is -2.53. The largest absolute Gasteiger partial charge is 0.393 e. The predicted octanol–water partition coefficient (Wildman–Crippen LogP) is 5.17. The highest BCUT2D eigenvalue weighted by Crippen LogP contribution is 2.67. The second kappa shape index (κ2) is 7.78. The zero-order valence-corrected chi connectivity index (χ0v) is 21.5. The van der Waals surface area contributed by atoms with Crippen molar-refractivity contribution in [1.82, 2.24) is 0 Å². The predicted molar refractivity (Wildman–Crippen MR) is 130 cm³/mol. The third-order valence-electron chi connectivity index (χ3n) is 10.5. The van der Waals surface area contributed by atoms with Gasteiger partial charge >= 0.3 is 0 Å². The molecule has 4 aliphatic carbocycles. The van der Waals surface area contributed by atoms with E-state index in [1.54, 1.807) is 0 Å². The van der Waals surface area contributed by atoms with Gasteiger partial charge in [0.2, 0.25) is 0 Å². The molecule has 3 fully saturated rings. The number of rotatable bonds is 2. The first-order valence-electron chi connectivity index (χ1n) is 12.7. The summed E-state index contributed by atoms with van der Waals surface area (Å²) in [6, 6.07) is 2.02. The Labute approximate surface area is 199 Å². The number of Topliss-reactive ketones (excluding diaryl/α,β-unsaturated/α-hetero) is 1. The number of benzene rings is 1. The summed E-state index contributed by atoms with van der Waals surface area (Å²) in [6.45, 7) is 10.5. The average molecular weight is 471 g/mol. The number of hydrogen-bond acceptors (Lipinski definition) is 4. The summed E-state index contributed by atoms with van der Waals surface area (Å²) in [4.78, 5) is 13.3. The molecule has 7 atom stereocenters. The number of aliphatic hydroxyl groups is 1. The third kappa shape index (κ3) is 3.17. The number of thiol groups is 1. The lowest BCUT2D eigenvalue weighted by Gasteiger charge is -2.60. The molecular weight excluding hydrogens is 432 g/mol. The summed E-state index contributed by atoms with van der Waals surface area (Å²) in [6.07, 6.45) is 8.09. The van der Waals surface area contributed by atoms with Crippen LogP contribution in [0, 0.1) is 49.4 Å². The lowest BCUT2D eigenvalue weighted by molar-refractivity contribution is -0.132. The molecule has 0 heterocycles. The Bertz CT molecular complexity index is 1120. The molecule has 5 rings (SSSR count). The van der Waals surface area contributed by atoms with Crippen molar-refractivity contribution in [3.8, 4) is 0 Å². The number of aliphatic hydroxyl groups excluding tert-OH is 1. The van der Waals surface area contributed by atoms with E-state index in [1.807, 2.05) is 19.9 Å². The normalized spacial score (nSPS) is 40.3. The van der Waals surface area contributed by atoms with E-state index in [2.05, 4.69) is 26.8 Å². The first-order valence-corrected chi connectivity index (χ1v) is 13.8. The van der Waals surface area contributed by atoms with Crippen LogP contribution in [0.5, 0.6) is 0 Å². The highest BCUT2D eigenvalue weighted by atomic mass is 32.2. The molecule has 0 bridgehead atoms. The van der Waals surface area contributed by atoms with Gasteiger partial charge in [0, 0.05) is 11.8 Å². The maximum absolute atomic E-state index is 12.8. The van der Waals surface area contributed by atoms with Crippen molar-refractivity contribution in [1.29, 1.82) is 0 Å². The Morgan fingerprint density at radius 2 is 1.79 bits per heavy atom. The number of hydrogen-bond donors (Lipinski definition) is 2. The molecule has 1 unspecified atom stereocenters. The van der Waals surface area contributed by atoms with Crippen LogP contribution in [0.3, 0.4) is 0 Å². The van der Waals surface area contributed by atoms with Gasteiger partial charge in [-0.15, -0.1) is 0 Å². The van der Waals surface area contributed by atoms with Gasteiger partial charge in [0.1, 0.15) is 5.78 Å². The van der Waals surface area contributed by atoms with Crippen molar-refractivity contribution in [2.24, 2.45) is 28.6 Å². The van der Waals surface area contributed by atoms with Crippen molar-refractivity contribution in [3.63, 3.8) is 0 Å². The van der Waals surface area contributed by atoms with Crippen LogP contribution in [-0.2, 0) is 15.5 Å². The van der Waals surface area contributed by atoms with E-state index >= 15 is 0 Å². The molecule has 0 aliphatic heterocycles. The van der Waals surface area contributed by atoms with Crippen molar-refractivity contribution >= 4 is 16.5 Å². The molecule has 0 radical (unpaired) electrons. The fraction of sp³-hybridized carbons (Fsp3) is 0.679. The first kappa shape index (κ1) is 23.3. The molecule has 1 aromatic rings. The van der Waals surface area contributed by atoms with Gasteiger partial charge in [-0.2, -0.15) is 0 Å². The van der Waals surface area contributed by atoms with Crippen LogP contribution in [0.1, 0.15) is 87.0 Å². The Balaban J connectivity index is 1.67. The van der Waals surface area contributed by atoms with Gasteiger partial charge < -0.3 is 5.11 Å². The van der Waals surface area contributed by atoms with E-state index in [9.17, 15) is 18.3 Å². The second-order valence-electron chi connectivity index (χ2n) is 11.8. The molecule has 0 saturated heterocycles. The Kier molecular flexibility index (Phi) is 5.49. The maximum atomic E-state index is 12.8. The van der Waals surface area contributed by atoms with Gasteiger partial charge in [-0.05, 0) is 111 Å².